The van der Waals surface area contributed by atoms with E-state index in [1.54, 1.807) is 13.2 Å². The summed E-state index contributed by atoms with van der Waals surface area (Å²) < 4.78 is 5.19. The standard InChI is InChI=1S/C12H16N3O/c1-16-12-9-10(5-6-11(12)14-13)15-7-3-2-4-8-15/h5-6,9H,2-4,7-8H2,1H3/q+1. The highest BCUT2D eigenvalue weighted by atomic mass is 16.5. The van der Waals surface area contributed by atoms with Crippen LogP contribution in [0.25, 0.3) is 4.98 Å². The quantitative estimate of drug-likeness (QED) is 0.716. The van der Waals surface area contributed by atoms with Gasteiger partial charge in [0.1, 0.15) is 0 Å². The predicted molar refractivity (Wildman–Crippen MR) is 63.8 cm³/mol. The summed E-state index contributed by atoms with van der Waals surface area (Å²) in [5.74, 6) is 0.616. The molecule has 0 bridgehead atoms. The van der Waals surface area contributed by atoms with Crippen molar-refractivity contribution in [2.45, 2.75) is 19.3 Å². The molecule has 0 aliphatic carbocycles. The fraction of sp³-hybridized carbons (Fsp3) is 0.500. The smallest absolute Gasteiger partial charge is 0.426 e. The van der Waals surface area contributed by atoms with E-state index in [-0.39, 0.29) is 0 Å². The molecule has 1 aliphatic heterocycles. The molecule has 0 amide bonds. The van der Waals surface area contributed by atoms with Crippen molar-refractivity contribution in [1.29, 1.82) is 5.39 Å². The number of hydrogen-bond acceptors (Lipinski definition) is 3. The van der Waals surface area contributed by atoms with Gasteiger partial charge in [-0.3, -0.25) is 0 Å². The molecule has 16 heavy (non-hydrogen) atoms. The maximum Gasteiger partial charge on any atom is 0.426 e. The Kier molecular flexibility index (Phi) is 3.25. The average molecular weight is 218 g/mol. The molecule has 2 rings (SSSR count). The first-order chi connectivity index (χ1) is 7.85. The van der Waals surface area contributed by atoms with Crippen molar-refractivity contribution in [2.24, 2.45) is 0 Å². The lowest BCUT2D eigenvalue weighted by atomic mass is 10.1. The van der Waals surface area contributed by atoms with E-state index in [2.05, 4.69) is 9.88 Å². The van der Waals surface area contributed by atoms with Gasteiger partial charge in [-0.05, 0) is 25.3 Å². The predicted octanol–water partition coefficient (Wildman–Crippen LogP) is 3.17. The number of rotatable bonds is 2. The van der Waals surface area contributed by atoms with E-state index >= 15 is 0 Å². The largest absolute Gasteiger partial charge is 0.489 e. The van der Waals surface area contributed by atoms with Crippen LogP contribution in [-0.4, -0.2) is 20.2 Å². The van der Waals surface area contributed by atoms with Gasteiger partial charge < -0.3 is 9.64 Å². The molecule has 1 aromatic carbocycles. The highest BCUT2D eigenvalue weighted by Crippen LogP contribution is 2.32. The second-order valence-electron chi connectivity index (χ2n) is 4.00. The van der Waals surface area contributed by atoms with Crippen molar-refractivity contribution in [1.82, 2.24) is 0 Å². The lowest BCUT2D eigenvalue weighted by Gasteiger charge is -2.28. The molecule has 4 heteroatoms. The van der Waals surface area contributed by atoms with Crippen LogP contribution in [0.5, 0.6) is 5.75 Å². The normalized spacial score (nSPS) is 15.6. The maximum absolute atomic E-state index is 8.78. The summed E-state index contributed by atoms with van der Waals surface area (Å²) in [5, 5.41) is 8.78. The second kappa shape index (κ2) is 4.84. The van der Waals surface area contributed by atoms with Gasteiger partial charge in [0, 0.05) is 30.9 Å². The van der Waals surface area contributed by atoms with E-state index in [9.17, 15) is 0 Å². The second-order valence-corrected chi connectivity index (χ2v) is 4.00. The molecule has 84 valence electrons. The fourth-order valence-corrected chi connectivity index (χ4v) is 2.10. The van der Waals surface area contributed by atoms with Crippen LogP contribution in [0.3, 0.4) is 0 Å². The van der Waals surface area contributed by atoms with Crippen molar-refractivity contribution in [3.8, 4) is 5.75 Å². The van der Waals surface area contributed by atoms with Gasteiger partial charge >= 0.3 is 5.69 Å². The zero-order valence-corrected chi connectivity index (χ0v) is 9.52. The zero-order chi connectivity index (χ0) is 11.4. The summed E-state index contributed by atoms with van der Waals surface area (Å²) in [5.41, 5.74) is 1.62. The number of nitrogens with zero attached hydrogens (tertiary/aromatic N) is 3. The van der Waals surface area contributed by atoms with Crippen molar-refractivity contribution in [3.05, 3.63) is 23.2 Å². The van der Waals surface area contributed by atoms with Crippen LogP contribution in [0.4, 0.5) is 11.4 Å². The van der Waals surface area contributed by atoms with Gasteiger partial charge in [-0.1, -0.05) is 0 Å². The number of anilines is 1. The Hall–Kier alpha value is -1.76. The molecule has 1 aliphatic rings. The minimum Gasteiger partial charge on any atom is -0.489 e. The summed E-state index contributed by atoms with van der Waals surface area (Å²) in [7, 11) is 1.59. The Labute approximate surface area is 95.4 Å². The number of ether oxygens (including phenoxy) is 1. The molecule has 0 spiro atoms. The number of methoxy groups -OCH3 is 1. The van der Waals surface area contributed by atoms with Crippen LogP contribution in [0.2, 0.25) is 0 Å². The Bertz CT molecular complexity index is 405. The molecule has 0 unspecified atom stereocenters. The molecule has 4 nitrogen and oxygen atoms in total. The minimum absolute atomic E-state index is 0.475. The van der Waals surface area contributed by atoms with Gasteiger partial charge in [-0.2, -0.15) is 0 Å². The molecule has 0 N–H and O–H groups in total. The van der Waals surface area contributed by atoms with Crippen LogP contribution >= 0.6 is 0 Å². The van der Waals surface area contributed by atoms with Gasteiger partial charge in [-0.25, -0.2) is 0 Å². The minimum atomic E-state index is 0.475. The van der Waals surface area contributed by atoms with Crippen molar-refractivity contribution in [3.63, 3.8) is 0 Å². The third-order valence-corrected chi connectivity index (χ3v) is 2.99. The molecular weight excluding hydrogens is 202 g/mol. The van der Waals surface area contributed by atoms with E-state index in [1.165, 1.54) is 19.3 Å². The van der Waals surface area contributed by atoms with Crippen molar-refractivity contribution in [2.75, 3.05) is 25.1 Å². The molecule has 1 heterocycles. The van der Waals surface area contributed by atoms with Crippen molar-refractivity contribution < 1.29 is 4.74 Å². The van der Waals surface area contributed by atoms with Gasteiger partial charge in [0.25, 0.3) is 0 Å². The Morgan fingerprint density at radius 3 is 2.62 bits per heavy atom. The molecular formula is C12H16N3O+. The topological polar surface area (TPSA) is 40.6 Å². The summed E-state index contributed by atoms with van der Waals surface area (Å²) in [6.07, 6.45) is 3.81. The summed E-state index contributed by atoms with van der Waals surface area (Å²) in [4.78, 5) is 5.52. The third kappa shape index (κ3) is 2.08. The molecule has 1 fully saturated rings. The first kappa shape index (κ1) is 10.7. The summed E-state index contributed by atoms with van der Waals surface area (Å²) in [6.45, 7) is 2.19. The maximum atomic E-state index is 8.78. The highest BCUT2D eigenvalue weighted by Gasteiger charge is 2.18. The Morgan fingerprint density at radius 2 is 2.00 bits per heavy atom. The van der Waals surface area contributed by atoms with E-state index in [0.717, 1.165) is 18.8 Å². The van der Waals surface area contributed by atoms with Gasteiger partial charge in [-0.15, -0.1) is 0 Å². The van der Waals surface area contributed by atoms with Crippen LogP contribution in [-0.2, 0) is 0 Å². The number of piperidine rings is 1. The molecule has 0 saturated carbocycles. The number of diazo groups is 1. The van der Waals surface area contributed by atoms with E-state index in [1.807, 2.05) is 12.1 Å². The number of benzene rings is 1. The monoisotopic (exact) mass is 218 g/mol. The lowest BCUT2D eigenvalue weighted by Crippen LogP contribution is -2.29. The van der Waals surface area contributed by atoms with Gasteiger partial charge in [0.05, 0.1) is 7.11 Å². The Balaban J connectivity index is 2.25. The molecule has 0 atom stereocenters. The van der Waals surface area contributed by atoms with Crippen LogP contribution in [0.15, 0.2) is 18.2 Å². The first-order valence-electron chi connectivity index (χ1n) is 5.63. The summed E-state index contributed by atoms with van der Waals surface area (Å²) >= 11 is 0. The van der Waals surface area contributed by atoms with E-state index in [0.29, 0.717) is 11.4 Å². The summed E-state index contributed by atoms with van der Waals surface area (Å²) in [6, 6.07) is 5.69. The highest BCUT2D eigenvalue weighted by molar-refractivity contribution is 5.65. The molecule has 0 radical (unpaired) electrons. The van der Waals surface area contributed by atoms with E-state index in [4.69, 9.17) is 10.1 Å². The van der Waals surface area contributed by atoms with Crippen molar-refractivity contribution >= 4 is 11.4 Å². The molecule has 1 aromatic rings. The van der Waals surface area contributed by atoms with Gasteiger partial charge in [0.2, 0.25) is 11.1 Å². The third-order valence-electron chi connectivity index (χ3n) is 2.99. The lowest BCUT2D eigenvalue weighted by molar-refractivity contribution is 0.417. The molecule has 0 aromatic heterocycles. The SMILES string of the molecule is COc1cc(N2CCCCC2)ccc1[N+]#N. The zero-order valence-electron chi connectivity index (χ0n) is 9.52. The number of hydrogen-bond donors (Lipinski definition) is 0. The van der Waals surface area contributed by atoms with E-state index < -0.39 is 0 Å². The average Bonchev–Trinajstić information content (AvgIpc) is 2.39. The fourth-order valence-electron chi connectivity index (χ4n) is 2.10. The Morgan fingerprint density at radius 1 is 1.25 bits per heavy atom. The van der Waals surface area contributed by atoms with Crippen LogP contribution in [0.1, 0.15) is 19.3 Å². The van der Waals surface area contributed by atoms with Crippen LogP contribution < -0.4 is 9.64 Å². The molecule has 1 saturated heterocycles. The van der Waals surface area contributed by atoms with Crippen LogP contribution in [0, 0.1) is 5.39 Å². The first-order valence-corrected chi connectivity index (χ1v) is 5.63. The van der Waals surface area contributed by atoms with Gasteiger partial charge in [0.15, 0.2) is 4.98 Å².